The molecule has 0 fully saturated rings. The average molecular weight is 273 g/mol. The lowest BCUT2D eigenvalue weighted by molar-refractivity contribution is -0.139. The van der Waals surface area contributed by atoms with Crippen LogP contribution in [-0.4, -0.2) is 7.05 Å². The third-order valence-electron chi connectivity index (χ3n) is 2.57. The van der Waals surface area contributed by atoms with Gasteiger partial charge in [-0.1, -0.05) is 0 Å². The van der Waals surface area contributed by atoms with Crippen molar-refractivity contribution < 1.29 is 22.0 Å². The van der Waals surface area contributed by atoms with Gasteiger partial charge in [-0.25, -0.2) is 4.39 Å². The summed E-state index contributed by atoms with van der Waals surface area (Å²) in [6, 6.07) is 6.00. The van der Waals surface area contributed by atoms with Crippen LogP contribution in [0.3, 0.4) is 0 Å². The van der Waals surface area contributed by atoms with Crippen LogP contribution in [0.2, 0.25) is 0 Å². The largest absolute Gasteiger partial charge is 0.460 e. The number of rotatable bonds is 3. The lowest BCUT2D eigenvalue weighted by atomic mass is 10.1. The maximum absolute atomic E-state index is 13.1. The summed E-state index contributed by atoms with van der Waals surface area (Å²) in [5.41, 5.74) is -1.10. The molecule has 6 heteroatoms. The van der Waals surface area contributed by atoms with Crippen LogP contribution in [0.1, 0.15) is 11.3 Å². The first-order valence-electron chi connectivity index (χ1n) is 5.52. The predicted molar refractivity (Wildman–Crippen MR) is 61.9 cm³/mol. The molecule has 0 spiro atoms. The van der Waals surface area contributed by atoms with Gasteiger partial charge in [0.2, 0.25) is 0 Å². The first-order valence-corrected chi connectivity index (χ1v) is 5.52. The first kappa shape index (κ1) is 13.6. The summed E-state index contributed by atoms with van der Waals surface area (Å²) in [4.78, 5) is 0. The molecule has 19 heavy (non-hydrogen) atoms. The molecule has 0 atom stereocenters. The van der Waals surface area contributed by atoms with Crippen molar-refractivity contribution in [2.24, 2.45) is 0 Å². The van der Waals surface area contributed by atoms with Crippen LogP contribution in [0, 0.1) is 5.82 Å². The fraction of sp³-hybridized carbons (Fsp3) is 0.231. The molecule has 1 aromatic heterocycles. The second kappa shape index (κ2) is 5.05. The van der Waals surface area contributed by atoms with Crippen molar-refractivity contribution in [2.75, 3.05) is 7.05 Å². The lowest BCUT2D eigenvalue weighted by Crippen LogP contribution is -2.08. The Morgan fingerprint density at radius 3 is 2.53 bits per heavy atom. The number of alkyl halides is 3. The van der Waals surface area contributed by atoms with Crippen molar-refractivity contribution in [3.63, 3.8) is 0 Å². The molecule has 0 saturated heterocycles. The quantitative estimate of drug-likeness (QED) is 0.860. The lowest BCUT2D eigenvalue weighted by Gasteiger charge is -2.09. The molecule has 2 rings (SSSR count). The number of hydrogen-bond donors (Lipinski definition) is 1. The maximum atomic E-state index is 13.1. The fourth-order valence-electron chi connectivity index (χ4n) is 1.70. The highest BCUT2D eigenvalue weighted by Gasteiger charge is 2.34. The molecular formula is C13H11F4NO. The molecule has 0 bridgehead atoms. The van der Waals surface area contributed by atoms with Gasteiger partial charge in [0.1, 0.15) is 17.3 Å². The molecule has 1 aromatic carbocycles. The predicted octanol–water partition coefficient (Wildman–Crippen LogP) is 3.82. The van der Waals surface area contributed by atoms with Crippen molar-refractivity contribution >= 4 is 0 Å². The highest BCUT2D eigenvalue weighted by atomic mass is 19.4. The Morgan fingerprint density at radius 1 is 1.16 bits per heavy atom. The zero-order valence-electron chi connectivity index (χ0n) is 10.0. The number of halogens is 4. The van der Waals surface area contributed by atoms with Gasteiger partial charge < -0.3 is 9.73 Å². The van der Waals surface area contributed by atoms with E-state index in [1.54, 1.807) is 19.2 Å². The summed E-state index contributed by atoms with van der Waals surface area (Å²) < 4.78 is 56.3. The van der Waals surface area contributed by atoms with E-state index in [4.69, 9.17) is 4.42 Å². The second-order valence-electron chi connectivity index (χ2n) is 3.99. The molecule has 2 nitrogen and oxygen atoms in total. The zero-order valence-corrected chi connectivity index (χ0v) is 10.0. The van der Waals surface area contributed by atoms with Crippen LogP contribution < -0.4 is 5.32 Å². The summed E-state index contributed by atoms with van der Waals surface area (Å²) in [5.74, 6) is -0.426. The number of hydrogen-bond acceptors (Lipinski definition) is 2. The summed E-state index contributed by atoms with van der Waals surface area (Å²) in [7, 11) is 1.72. The summed E-state index contributed by atoms with van der Waals surface area (Å²) in [6.45, 7) is 0.466. The Hall–Kier alpha value is -1.82. The van der Waals surface area contributed by atoms with Crippen LogP contribution in [0.4, 0.5) is 17.6 Å². The number of furan rings is 1. The van der Waals surface area contributed by atoms with E-state index < -0.39 is 17.6 Å². The van der Waals surface area contributed by atoms with Gasteiger partial charge in [-0.2, -0.15) is 13.2 Å². The van der Waals surface area contributed by atoms with E-state index in [9.17, 15) is 17.6 Å². The standard InChI is InChI=1S/C13H11F4NO/c1-18-7-9-3-5-12(19-9)8-2-4-11(14)10(6-8)13(15,16)17/h2-6,18H,7H2,1H3. The highest BCUT2D eigenvalue weighted by molar-refractivity contribution is 5.59. The van der Waals surface area contributed by atoms with Gasteiger partial charge in [0.15, 0.2) is 0 Å². The third kappa shape index (κ3) is 2.96. The summed E-state index contributed by atoms with van der Waals surface area (Å²) >= 11 is 0. The van der Waals surface area contributed by atoms with Gasteiger partial charge in [0.05, 0.1) is 12.1 Å². The van der Waals surface area contributed by atoms with E-state index in [0.717, 1.165) is 12.1 Å². The van der Waals surface area contributed by atoms with Crippen molar-refractivity contribution in [3.05, 3.63) is 47.5 Å². The van der Waals surface area contributed by atoms with E-state index in [2.05, 4.69) is 5.32 Å². The monoisotopic (exact) mass is 273 g/mol. The molecular weight excluding hydrogens is 262 g/mol. The second-order valence-corrected chi connectivity index (χ2v) is 3.99. The summed E-state index contributed by atoms with van der Waals surface area (Å²) in [5, 5.41) is 2.86. The minimum absolute atomic E-state index is 0.191. The number of nitrogens with one attached hydrogen (secondary N) is 1. The van der Waals surface area contributed by atoms with Gasteiger partial charge in [-0.3, -0.25) is 0 Å². The van der Waals surface area contributed by atoms with Crippen LogP contribution in [0.15, 0.2) is 34.7 Å². The van der Waals surface area contributed by atoms with Crippen molar-refractivity contribution in [1.29, 1.82) is 0 Å². The molecule has 0 aliphatic heterocycles. The molecule has 0 saturated carbocycles. The van der Waals surface area contributed by atoms with E-state index in [0.29, 0.717) is 12.3 Å². The van der Waals surface area contributed by atoms with E-state index >= 15 is 0 Å². The van der Waals surface area contributed by atoms with Crippen LogP contribution in [0.5, 0.6) is 0 Å². The van der Waals surface area contributed by atoms with Gasteiger partial charge in [0.25, 0.3) is 0 Å². The molecule has 0 unspecified atom stereocenters. The third-order valence-corrected chi connectivity index (χ3v) is 2.57. The average Bonchev–Trinajstić information content (AvgIpc) is 2.77. The SMILES string of the molecule is CNCc1ccc(-c2ccc(F)c(C(F)(F)F)c2)o1. The minimum Gasteiger partial charge on any atom is -0.460 e. The fourth-order valence-corrected chi connectivity index (χ4v) is 1.70. The van der Waals surface area contributed by atoms with E-state index in [-0.39, 0.29) is 11.3 Å². The molecule has 0 aliphatic carbocycles. The molecule has 0 radical (unpaired) electrons. The van der Waals surface area contributed by atoms with Gasteiger partial charge >= 0.3 is 6.18 Å². The van der Waals surface area contributed by atoms with Gasteiger partial charge in [0, 0.05) is 5.56 Å². The number of benzene rings is 1. The molecule has 2 aromatic rings. The minimum atomic E-state index is -4.72. The smallest absolute Gasteiger partial charge is 0.419 e. The van der Waals surface area contributed by atoms with Crippen molar-refractivity contribution in [1.82, 2.24) is 5.32 Å². The molecule has 0 aliphatic rings. The Morgan fingerprint density at radius 2 is 1.89 bits per heavy atom. The Kier molecular flexibility index (Phi) is 3.61. The van der Waals surface area contributed by atoms with Crippen LogP contribution in [0.25, 0.3) is 11.3 Å². The van der Waals surface area contributed by atoms with Crippen LogP contribution in [-0.2, 0) is 12.7 Å². The Bertz CT molecular complexity index is 574. The van der Waals surface area contributed by atoms with Crippen LogP contribution >= 0.6 is 0 Å². The van der Waals surface area contributed by atoms with Gasteiger partial charge in [-0.15, -0.1) is 0 Å². The molecule has 102 valence electrons. The van der Waals surface area contributed by atoms with Crippen molar-refractivity contribution in [2.45, 2.75) is 12.7 Å². The van der Waals surface area contributed by atoms with E-state index in [1.807, 2.05) is 0 Å². The van der Waals surface area contributed by atoms with Gasteiger partial charge in [-0.05, 0) is 37.4 Å². The molecule has 0 amide bonds. The van der Waals surface area contributed by atoms with Crippen molar-refractivity contribution in [3.8, 4) is 11.3 Å². The Labute approximate surface area is 107 Å². The Balaban J connectivity index is 2.39. The van der Waals surface area contributed by atoms with E-state index in [1.165, 1.54) is 6.07 Å². The normalized spacial score (nSPS) is 11.8. The molecule has 1 heterocycles. The maximum Gasteiger partial charge on any atom is 0.419 e. The highest BCUT2D eigenvalue weighted by Crippen LogP contribution is 2.34. The topological polar surface area (TPSA) is 25.2 Å². The summed E-state index contributed by atoms with van der Waals surface area (Å²) in [6.07, 6.45) is -4.72. The first-order chi connectivity index (χ1) is 8.91. The molecule has 1 N–H and O–H groups in total. The zero-order chi connectivity index (χ0) is 14.0.